The van der Waals surface area contributed by atoms with E-state index in [0.717, 1.165) is 19.6 Å². The van der Waals surface area contributed by atoms with E-state index < -0.39 is 5.82 Å². The van der Waals surface area contributed by atoms with Gasteiger partial charge < -0.3 is 9.64 Å². The molecule has 2 rings (SSSR count). The second-order valence-electron chi connectivity index (χ2n) is 5.37. The van der Waals surface area contributed by atoms with Crippen LogP contribution in [0, 0.1) is 5.82 Å². The van der Waals surface area contributed by atoms with Gasteiger partial charge in [0.1, 0.15) is 0 Å². The highest BCUT2D eigenvalue weighted by Gasteiger charge is 2.28. The minimum atomic E-state index is -0.424. The summed E-state index contributed by atoms with van der Waals surface area (Å²) in [5.74, 6) is -0.0914. The SMILES string of the molecule is COc1ccc(CC(=O)C2CN(C)CCN2C)cc1F. The predicted molar refractivity (Wildman–Crippen MR) is 75.6 cm³/mol. The number of nitrogens with zero attached hydrogens (tertiary/aromatic N) is 2. The van der Waals surface area contributed by atoms with Crippen LogP contribution in [0.4, 0.5) is 4.39 Å². The minimum absolute atomic E-state index is 0.112. The molecule has 1 fully saturated rings. The number of carbonyl (C=O) groups excluding carboxylic acids is 1. The normalized spacial score (nSPS) is 20.9. The van der Waals surface area contributed by atoms with E-state index in [1.54, 1.807) is 12.1 Å². The third-order valence-corrected chi connectivity index (χ3v) is 3.82. The molecule has 0 aromatic heterocycles. The Morgan fingerprint density at radius 2 is 2.15 bits per heavy atom. The number of hydrogen-bond donors (Lipinski definition) is 0. The van der Waals surface area contributed by atoms with Gasteiger partial charge in [0.05, 0.1) is 13.2 Å². The summed E-state index contributed by atoms with van der Waals surface area (Å²) in [6.45, 7) is 2.58. The number of Topliss-reactive ketones (excluding diaryl/α,β-unsaturated/α-hetero) is 1. The lowest BCUT2D eigenvalue weighted by atomic mass is 10.0. The number of hydrogen-bond acceptors (Lipinski definition) is 4. The van der Waals surface area contributed by atoms with Crippen LogP contribution in [-0.4, -0.2) is 62.5 Å². The van der Waals surface area contributed by atoms with Crippen LogP contribution in [0.2, 0.25) is 0 Å². The second-order valence-corrected chi connectivity index (χ2v) is 5.37. The summed E-state index contributed by atoms with van der Waals surface area (Å²) in [5.41, 5.74) is 0.690. The second kappa shape index (κ2) is 6.33. The molecule has 110 valence electrons. The highest BCUT2D eigenvalue weighted by Crippen LogP contribution is 2.19. The summed E-state index contributed by atoms with van der Waals surface area (Å²) >= 11 is 0. The van der Waals surface area contributed by atoms with Gasteiger partial charge in [0, 0.05) is 26.1 Å². The molecule has 20 heavy (non-hydrogen) atoms. The summed E-state index contributed by atoms with van der Waals surface area (Å²) in [7, 11) is 5.40. The van der Waals surface area contributed by atoms with Crippen molar-refractivity contribution < 1.29 is 13.9 Å². The third-order valence-electron chi connectivity index (χ3n) is 3.82. The zero-order valence-electron chi connectivity index (χ0n) is 12.2. The number of carbonyl (C=O) groups is 1. The molecular weight excluding hydrogens is 259 g/mol. The van der Waals surface area contributed by atoms with Gasteiger partial charge in [-0.15, -0.1) is 0 Å². The van der Waals surface area contributed by atoms with Crippen LogP contribution in [0.1, 0.15) is 5.56 Å². The molecule has 1 heterocycles. The number of piperazine rings is 1. The summed E-state index contributed by atoms with van der Waals surface area (Å²) < 4.78 is 18.5. The lowest BCUT2D eigenvalue weighted by Gasteiger charge is -2.36. The van der Waals surface area contributed by atoms with Crippen LogP contribution in [-0.2, 0) is 11.2 Å². The molecule has 5 heteroatoms. The van der Waals surface area contributed by atoms with E-state index in [4.69, 9.17) is 4.74 Å². The largest absolute Gasteiger partial charge is 0.494 e. The van der Waals surface area contributed by atoms with E-state index in [1.165, 1.54) is 13.2 Å². The molecule has 1 aromatic carbocycles. The van der Waals surface area contributed by atoms with Gasteiger partial charge in [0.2, 0.25) is 0 Å². The summed E-state index contributed by atoms with van der Waals surface area (Å²) in [6, 6.07) is 4.57. The van der Waals surface area contributed by atoms with Crippen LogP contribution >= 0.6 is 0 Å². The average Bonchev–Trinajstić information content (AvgIpc) is 2.41. The zero-order chi connectivity index (χ0) is 14.7. The van der Waals surface area contributed by atoms with Crippen LogP contribution in [0.25, 0.3) is 0 Å². The molecule has 1 aromatic rings. The third kappa shape index (κ3) is 3.35. The van der Waals surface area contributed by atoms with Crippen LogP contribution in [0.15, 0.2) is 18.2 Å². The molecule has 1 aliphatic rings. The quantitative estimate of drug-likeness (QED) is 0.829. The highest BCUT2D eigenvalue weighted by molar-refractivity contribution is 5.86. The molecule has 0 radical (unpaired) electrons. The Bertz CT molecular complexity index is 493. The van der Waals surface area contributed by atoms with Crippen molar-refractivity contribution in [1.82, 2.24) is 9.80 Å². The molecule has 1 saturated heterocycles. The molecule has 0 N–H and O–H groups in total. The molecule has 0 amide bonds. The minimum Gasteiger partial charge on any atom is -0.494 e. The maximum Gasteiger partial charge on any atom is 0.165 e. The van der Waals surface area contributed by atoms with Crippen LogP contribution in [0.3, 0.4) is 0 Å². The fraction of sp³-hybridized carbons (Fsp3) is 0.533. The topological polar surface area (TPSA) is 32.8 Å². The molecular formula is C15H21FN2O2. The number of ether oxygens (including phenoxy) is 1. The molecule has 0 spiro atoms. The molecule has 1 unspecified atom stereocenters. The van der Waals surface area contributed by atoms with Gasteiger partial charge in [-0.1, -0.05) is 6.07 Å². The monoisotopic (exact) mass is 280 g/mol. The number of benzene rings is 1. The number of ketones is 1. The number of rotatable bonds is 4. The Hall–Kier alpha value is -1.46. The smallest absolute Gasteiger partial charge is 0.165 e. The maximum atomic E-state index is 13.6. The number of halogens is 1. The fourth-order valence-corrected chi connectivity index (χ4v) is 2.50. The Morgan fingerprint density at radius 1 is 1.40 bits per heavy atom. The maximum absolute atomic E-state index is 13.6. The van der Waals surface area contributed by atoms with Gasteiger partial charge in [0.15, 0.2) is 17.3 Å². The van der Waals surface area contributed by atoms with E-state index in [1.807, 2.05) is 14.1 Å². The van der Waals surface area contributed by atoms with Crippen molar-refractivity contribution in [2.24, 2.45) is 0 Å². The molecule has 1 aliphatic heterocycles. The molecule has 0 aliphatic carbocycles. The van der Waals surface area contributed by atoms with Gasteiger partial charge >= 0.3 is 0 Å². The Labute approximate surface area is 119 Å². The predicted octanol–water partition coefficient (Wildman–Crippen LogP) is 1.19. The summed E-state index contributed by atoms with van der Waals surface area (Å²) in [4.78, 5) is 16.6. The van der Waals surface area contributed by atoms with Gasteiger partial charge in [-0.3, -0.25) is 9.69 Å². The molecule has 0 bridgehead atoms. The number of methoxy groups -OCH3 is 1. The van der Waals surface area contributed by atoms with Crippen LogP contribution in [0.5, 0.6) is 5.75 Å². The lowest BCUT2D eigenvalue weighted by Crippen LogP contribution is -2.53. The summed E-state index contributed by atoms with van der Waals surface area (Å²) in [6.07, 6.45) is 0.254. The first-order chi connectivity index (χ1) is 9.51. The Balaban J connectivity index is 2.05. The summed E-state index contributed by atoms with van der Waals surface area (Å²) in [5, 5.41) is 0. The van der Waals surface area contributed by atoms with Crippen molar-refractivity contribution in [3.63, 3.8) is 0 Å². The van der Waals surface area contributed by atoms with Crippen molar-refractivity contribution in [3.05, 3.63) is 29.6 Å². The zero-order valence-corrected chi connectivity index (χ0v) is 12.2. The van der Waals surface area contributed by atoms with Crippen molar-refractivity contribution in [1.29, 1.82) is 0 Å². The van der Waals surface area contributed by atoms with E-state index in [2.05, 4.69) is 9.80 Å². The van der Waals surface area contributed by atoms with E-state index in [9.17, 15) is 9.18 Å². The van der Waals surface area contributed by atoms with E-state index >= 15 is 0 Å². The Morgan fingerprint density at radius 3 is 2.80 bits per heavy atom. The van der Waals surface area contributed by atoms with Gasteiger partial charge in [-0.25, -0.2) is 4.39 Å². The van der Waals surface area contributed by atoms with Crippen molar-refractivity contribution in [2.75, 3.05) is 40.8 Å². The van der Waals surface area contributed by atoms with Gasteiger partial charge in [0.25, 0.3) is 0 Å². The van der Waals surface area contributed by atoms with Crippen molar-refractivity contribution in [2.45, 2.75) is 12.5 Å². The average molecular weight is 280 g/mol. The van der Waals surface area contributed by atoms with Crippen molar-refractivity contribution in [3.8, 4) is 5.75 Å². The first kappa shape index (κ1) is 14.9. The highest BCUT2D eigenvalue weighted by atomic mass is 19.1. The first-order valence-corrected chi connectivity index (χ1v) is 6.75. The van der Waals surface area contributed by atoms with E-state index in [0.29, 0.717) is 5.56 Å². The molecule has 0 saturated carbocycles. The van der Waals surface area contributed by atoms with E-state index in [-0.39, 0.29) is 24.0 Å². The van der Waals surface area contributed by atoms with Gasteiger partial charge in [-0.2, -0.15) is 0 Å². The Kier molecular flexibility index (Phi) is 4.73. The number of likely N-dealkylation sites (N-methyl/N-ethyl adjacent to an activating group) is 2. The van der Waals surface area contributed by atoms with Crippen LogP contribution < -0.4 is 4.74 Å². The fourth-order valence-electron chi connectivity index (χ4n) is 2.50. The van der Waals surface area contributed by atoms with Gasteiger partial charge in [-0.05, 0) is 31.8 Å². The molecule has 1 atom stereocenters. The lowest BCUT2D eigenvalue weighted by molar-refractivity contribution is -0.125. The van der Waals surface area contributed by atoms with Crippen molar-refractivity contribution >= 4 is 5.78 Å². The molecule has 4 nitrogen and oxygen atoms in total. The standard InChI is InChI=1S/C15H21FN2O2/c1-17-6-7-18(2)13(10-17)14(19)9-11-4-5-15(20-3)12(16)8-11/h4-5,8,13H,6-7,9-10H2,1-3H3. The first-order valence-electron chi connectivity index (χ1n) is 6.75.